The Morgan fingerprint density at radius 3 is 2.70 bits per heavy atom. The second kappa shape index (κ2) is 13.8. The van der Waals surface area contributed by atoms with E-state index in [1.165, 1.54) is 4.90 Å². The van der Waals surface area contributed by atoms with E-state index in [-0.39, 0.29) is 36.9 Å². The SMILES string of the molecule is COc1cc2ccc1Oc1cccc(c1)CO[C@H]1CN(Cc3nnc(-c4ccc(C)n4C)o3)CC[C@@H]1NC(=O)CN(C)C(=O)CC2. The number of ether oxygens (including phenoxy) is 3. The average Bonchev–Trinajstić information content (AvgIpc) is 3.65. The number of amides is 2. The fourth-order valence-electron chi connectivity index (χ4n) is 5.88. The number of likely N-dealkylation sites (tertiary alicyclic amines) is 1. The maximum Gasteiger partial charge on any atom is 0.264 e. The van der Waals surface area contributed by atoms with E-state index < -0.39 is 0 Å². The molecule has 1 saturated heterocycles. The van der Waals surface area contributed by atoms with Gasteiger partial charge in [-0.1, -0.05) is 18.2 Å². The minimum absolute atomic E-state index is 0.0344. The molecule has 0 unspecified atom stereocenters. The summed E-state index contributed by atoms with van der Waals surface area (Å²) in [5.41, 5.74) is 3.84. The van der Waals surface area contributed by atoms with E-state index in [4.69, 9.17) is 18.6 Å². The Morgan fingerprint density at radius 2 is 1.89 bits per heavy atom. The van der Waals surface area contributed by atoms with Gasteiger partial charge >= 0.3 is 0 Å². The Morgan fingerprint density at radius 1 is 1.02 bits per heavy atom. The Hall–Kier alpha value is -4.68. The molecule has 0 saturated carbocycles. The maximum absolute atomic E-state index is 13.2. The summed E-state index contributed by atoms with van der Waals surface area (Å²) in [7, 11) is 5.21. The van der Waals surface area contributed by atoms with Crippen LogP contribution in [0.5, 0.6) is 17.2 Å². The van der Waals surface area contributed by atoms with Crippen molar-refractivity contribution in [2.45, 2.75) is 51.5 Å². The van der Waals surface area contributed by atoms with Gasteiger partial charge in [-0.25, -0.2) is 0 Å². The van der Waals surface area contributed by atoms with E-state index in [1.54, 1.807) is 14.2 Å². The van der Waals surface area contributed by atoms with E-state index >= 15 is 0 Å². The molecule has 2 aromatic carbocycles. The molecule has 0 spiro atoms. The molecule has 0 radical (unpaired) electrons. The van der Waals surface area contributed by atoms with Crippen LogP contribution in [0.2, 0.25) is 0 Å². The van der Waals surface area contributed by atoms with Crippen molar-refractivity contribution >= 4 is 11.8 Å². The number of benzene rings is 2. The van der Waals surface area contributed by atoms with Gasteiger partial charge in [0.15, 0.2) is 11.5 Å². The summed E-state index contributed by atoms with van der Waals surface area (Å²) in [6.07, 6.45) is 1.11. The van der Waals surface area contributed by atoms with E-state index in [2.05, 4.69) is 20.4 Å². The minimum Gasteiger partial charge on any atom is -0.493 e. The number of hydrogen-bond donors (Lipinski definition) is 1. The summed E-state index contributed by atoms with van der Waals surface area (Å²) in [5.74, 6) is 2.46. The van der Waals surface area contributed by atoms with Gasteiger partial charge in [-0.05, 0) is 67.3 Å². The van der Waals surface area contributed by atoms with Crippen LogP contribution in [0.1, 0.15) is 35.6 Å². The smallest absolute Gasteiger partial charge is 0.264 e. The molecule has 5 heterocycles. The lowest BCUT2D eigenvalue weighted by molar-refractivity contribution is -0.135. The third kappa shape index (κ3) is 7.24. The second-order valence-electron chi connectivity index (χ2n) is 12.0. The molecule has 4 aromatic rings. The highest BCUT2D eigenvalue weighted by Gasteiger charge is 2.32. The molecule has 1 fully saturated rings. The fourth-order valence-corrected chi connectivity index (χ4v) is 5.88. The van der Waals surface area contributed by atoms with Gasteiger partial charge in [-0.2, -0.15) is 0 Å². The monoisotopic (exact) mass is 628 g/mol. The molecule has 12 heteroatoms. The summed E-state index contributed by atoms with van der Waals surface area (Å²) in [5, 5.41) is 11.7. The first-order valence-corrected chi connectivity index (χ1v) is 15.5. The Labute approximate surface area is 268 Å². The molecule has 4 bridgehead atoms. The molecule has 2 atom stereocenters. The second-order valence-corrected chi connectivity index (χ2v) is 12.0. The largest absolute Gasteiger partial charge is 0.493 e. The molecule has 3 aliphatic rings. The van der Waals surface area contributed by atoms with Gasteiger partial charge in [0.25, 0.3) is 5.89 Å². The van der Waals surface area contributed by atoms with Crippen LogP contribution in [-0.4, -0.2) is 82.3 Å². The van der Waals surface area contributed by atoms with Crippen molar-refractivity contribution in [1.29, 1.82) is 0 Å². The summed E-state index contributed by atoms with van der Waals surface area (Å²) in [6.45, 7) is 4.00. The number of nitrogens with zero attached hydrogens (tertiary/aromatic N) is 5. The van der Waals surface area contributed by atoms with Crippen molar-refractivity contribution < 1.29 is 28.2 Å². The number of piperidine rings is 1. The molecule has 1 N–H and O–H groups in total. The van der Waals surface area contributed by atoms with E-state index in [9.17, 15) is 9.59 Å². The van der Waals surface area contributed by atoms with Crippen molar-refractivity contribution in [3.05, 3.63) is 77.3 Å². The van der Waals surface area contributed by atoms with Gasteiger partial charge in [-0.3, -0.25) is 14.5 Å². The van der Waals surface area contributed by atoms with Gasteiger partial charge < -0.3 is 33.4 Å². The Balaban J connectivity index is 1.20. The predicted molar refractivity (Wildman–Crippen MR) is 169 cm³/mol. The molecule has 12 nitrogen and oxygen atoms in total. The zero-order chi connectivity index (χ0) is 32.2. The first-order valence-electron chi connectivity index (χ1n) is 15.5. The van der Waals surface area contributed by atoms with Crippen LogP contribution in [0.25, 0.3) is 11.6 Å². The van der Waals surface area contributed by atoms with E-state index in [0.717, 1.165) is 22.5 Å². The zero-order valence-electron chi connectivity index (χ0n) is 26.7. The molecule has 3 aliphatic heterocycles. The minimum atomic E-state index is -0.324. The normalized spacial score (nSPS) is 19.9. The average molecular weight is 629 g/mol. The molecule has 7 rings (SSSR count). The highest BCUT2D eigenvalue weighted by Crippen LogP contribution is 2.33. The number of rotatable bonds is 4. The summed E-state index contributed by atoms with van der Waals surface area (Å²) in [4.78, 5) is 29.7. The van der Waals surface area contributed by atoms with Gasteiger partial charge in [-0.15, -0.1) is 10.2 Å². The quantitative estimate of drug-likeness (QED) is 0.359. The number of aryl methyl sites for hydroxylation is 2. The van der Waals surface area contributed by atoms with Gasteiger partial charge in [0.05, 0.1) is 39.0 Å². The number of carbonyl (C=O) groups excluding carboxylic acids is 2. The van der Waals surface area contributed by atoms with Gasteiger partial charge in [0.2, 0.25) is 17.7 Å². The molecule has 46 heavy (non-hydrogen) atoms. The fraction of sp³-hybridized carbons (Fsp3) is 0.412. The van der Waals surface area contributed by atoms with Crippen LogP contribution >= 0.6 is 0 Å². The van der Waals surface area contributed by atoms with Crippen molar-refractivity contribution in [3.8, 4) is 28.8 Å². The van der Waals surface area contributed by atoms with Crippen molar-refractivity contribution in [2.24, 2.45) is 7.05 Å². The Bertz CT molecular complexity index is 1700. The number of nitrogens with one attached hydrogen (secondary N) is 1. The predicted octanol–water partition coefficient (Wildman–Crippen LogP) is 3.86. The number of methoxy groups -OCH3 is 1. The van der Waals surface area contributed by atoms with Crippen LogP contribution in [0.15, 0.2) is 59.0 Å². The maximum atomic E-state index is 13.2. The molecule has 242 valence electrons. The topological polar surface area (TPSA) is 124 Å². The highest BCUT2D eigenvalue weighted by molar-refractivity contribution is 5.84. The van der Waals surface area contributed by atoms with Gasteiger partial charge in [0, 0.05) is 39.3 Å². The molecular formula is C34H40N6O6. The van der Waals surface area contributed by atoms with Crippen LogP contribution in [0.3, 0.4) is 0 Å². The van der Waals surface area contributed by atoms with E-state index in [1.807, 2.05) is 73.1 Å². The van der Waals surface area contributed by atoms with Gasteiger partial charge in [0.1, 0.15) is 11.4 Å². The van der Waals surface area contributed by atoms with Crippen LogP contribution in [0.4, 0.5) is 0 Å². The number of carbonyl (C=O) groups is 2. The van der Waals surface area contributed by atoms with Crippen molar-refractivity contribution in [2.75, 3.05) is 33.8 Å². The number of hydrogen-bond acceptors (Lipinski definition) is 9. The van der Waals surface area contributed by atoms with Crippen LogP contribution in [-0.2, 0) is 40.9 Å². The van der Waals surface area contributed by atoms with Crippen molar-refractivity contribution in [3.63, 3.8) is 0 Å². The zero-order valence-corrected chi connectivity index (χ0v) is 26.7. The third-order valence-corrected chi connectivity index (χ3v) is 8.66. The highest BCUT2D eigenvalue weighted by atomic mass is 16.5. The molecular weight excluding hydrogens is 588 g/mol. The lowest BCUT2D eigenvalue weighted by atomic mass is 10.0. The summed E-state index contributed by atoms with van der Waals surface area (Å²) < 4.78 is 26.3. The first kappa shape index (κ1) is 31.3. The van der Waals surface area contributed by atoms with E-state index in [0.29, 0.717) is 68.1 Å². The van der Waals surface area contributed by atoms with Crippen molar-refractivity contribution in [1.82, 2.24) is 29.9 Å². The number of likely N-dealkylation sites (N-methyl/N-ethyl adjacent to an activating group) is 1. The lowest BCUT2D eigenvalue weighted by Crippen LogP contribution is -2.56. The lowest BCUT2D eigenvalue weighted by Gasteiger charge is -2.38. The Kier molecular flexibility index (Phi) is 9.36. The first-order chi connectivity index (χ1) is 22.2. The summed E-state index contributed by atoms with van der Waals surface area (Å²) >= 11 is 0. The van der Waals surface area contributed by atoms with Crippen LogP contribution < -0.4 is 14.8 Å². The molecule has 0 aliphatic carbocycles. The number of aromatic nitrogens is 3. The van der Waals surface area contributed by atoms with Crippen LogP contribution in [0, 0.1) is 6.92 Å². The standard InChI is InChI=1S/C34H40N6O6/c1-22-8-11-27(39(22)3)34-37-36-32(46-34)20-40-15-14-26-30(18-40)44-21-24-6-5-7-25(16-24)45-28-12-9-23(17-29(28)43-4)10-13-33(42)38(2)19-31(41)35-26/h5-9,11-12,16-17,26,30H,10,13-15,18-21H2,1-4H3,(H,35,41)/t26-,30-/m0/s1. The number of fused-ring (bicyclic) bond motifs is 9. The third-order valence-electron chi connectivity index (χ3n) is 8.66. The molecule has 2 aromatic heterocycles. The summed E-state index contributed by atoms with van der Waals surface area (Å²) in [6, 6.07) is 17.1. The molecule has 2 amide bonds.